The molecule has 1 atom stereocenters. The first-order valence-electron chi connectivity index (χ1n) is 2.96. The maximum atomic E-state index is 5.35. The lowest BCUT2D eigenvalue weighted by Gasteiger charge is -2.06. The molecule has 0 aromatic rings. The van der Waals surface area contributed by atoms with E-state index in [1.54, 1.807) is 7.11 Å². The summed E-state index contributed by atoms with van der Waals surface area (Å²) in [4.78, 5) is 0.576. The molecule has 0 spiro atoms. The van der Waals surface area contributed by atoms with E-state index in [1.807, 2.05) is 6.92 Å². The highest BCUT2D eigenvalue weighted by Gasteiger charge is 2.02. The van der Waals surface area contributed by atoms with Crippen LogP contribution in [0.1, 0.15) is 13.3 Å². The van der Waals surface area contributed by atoms with Crippen LogP contribution in [-0.4, -0.2) is 18.7 Å². The van der Waals surface area contributed by atoms with E-state index in [1.165, 1.54) is 0 Å². The molecule has 2 N–H and O–H groups in total. The highest BCUT2D eigenvalue weighted by Crippen LogP contribution is 2.00. The van der Waals surface area contributed by atoms with Crippen molar-refractivity contribution in [2.45, 2.75) is 13.3 Å². The smallest absolute Gasteiger partial charge is 0.0756 e. The zero-order chi connectivity index (χ0) is 7.28. The van der Waals surface area contributed by atoms with Gasteiger partial charge in [-0.2, -0.15) is 0 Å². The second-order valence-electron chi connectivity index (χ2n) is 2.08. The number of hydrogen-bond donors (Lipinski definition) is 1. The van der Waals surface area contributed by atoms with E-state index in [9.17, 15) is 0 Å². The van der Waals surface area contributed by atoms with Gasteiger partial charge in [-0.1, -0.05) is 19.1 Å². The third kappa shape index (κ3) is 4.36. The Labute approximate surface area is 61.4 Å². The van der Waals surface area contributed by atoms with Gasteiger partial charge >= 0.3 is 0 Å². The van der Waals surface area contributed by atoms with Gasteiger partial charge in [0.15, 0.2) is 0 Å². The van der Waals surface area contributed by atoms with Crippen molar-refractivity contribution in [3.05, 3.63) is 0 Å². The van der Waals surface area contributed by atoms with Crippen LogP contribution in [0.4, 0.5) is 0 Å². The van der Waals surface area contributed by atoms with Gasteiger partial charge < -0.3 is 10.5 Å². The molecule has 0 aliphatic rings. The molecule has 0 saturated carbocycles. The van der Waals surface area contributed by atoms with Gasteiger partial charge in [0.2, 0.25) is 0 Å². The van der Waals surface area contributed by atoms with Crippen LogP contribution >= 0.6 is 12.2 Å². The topological polar surface area (TPSA) is 35.2 Å². The number of thiocarbonyl (C=S) groups is 1. The SMILES string of the molecule is COCCC(C)C(N)=S. The van der Waals surface area contributed by atoms with Crippen LogP contribution in [0.25, 0.3) is 0 Å². The molecule has 0 aromatic carbocycles. The minimum Gasteiger partial charge on any atom is -0.393 e. The molecule has 0 aliphatic carbocycles. The molecule has 0 aliphatic heterocycles. The maximum Gasteiger partial charge on any atom is 0.0756 e. The lowest BCUT2D eigenvalue weighted by Crippen LogP contribution is -2.19. The fourth-order valence-electron chi connectivity index (χ4n) is 0.437. The fourth-order valence-corrected chi connectivity index (χ4v) is 0.555. The summed E-state index contributed by atoms with van der Waals surface area (Å²) >= 11 is 4.75. The Balaban J connectivity index is 3.27. The molecule has 3 heteroatoms. The Hall–Kier alpha value is -0.150. The fraction of sp³-hybridized carbons (Fsp3) is 0.833. The molecule has 54 valence electrons. The second-order valence-corrected chi connectivity index (χ2v) is 2.56. The summed E-state index contributed by atoms with van der Waals surface area (Å²) in [6, 6.07) is 0. The van der Waals surface area contributed by atoms with Gasteiger partial charge in [0.25, 0.3) is 0 Å². The largest absolute Gasteiger partial charge is 0.393 e. The number of methoxy groups -OCH3 is 1. The third-order valence-electron chi connectivity index (χ3n) is 1.24. The molecule has 2 nitrogen and oxygen atoms in total. The zero-order valence-electron chi connectivity index (χ0n) is 5.89. The Kier molecular flexibility index (Phi) is 4.62. The van der Waals surface area contributed by atoms with Crippen LogP contribution in [-0.2, 0) is 4.74 Å². The number of rotatable bonds is 4. The molecule has 0 rings (SSSR count). The average molecular weight is 147 g/mol. The average Bonchev–Trinajstić information content (AvgIpc) is 1.82. The molecule has 0 bridgehead atoms. The molecular weight excluding hydrogens is 134 g/mol. The van der Waals surface area contributed by atoms with Gasteiger partial charge in [0.1, 0.15) is 0 Å². The van der Waals surface area contributed by atoms with Crippen molar-refractivity contribution in [1.82, 2.24) is 0 Å². The third-order valence-corrected chi connectivity index (χ3v) is 1.64. The normalized spacial score (nSPS) is 13.1. The Morgan fingerprint density at radius 1 is 1.78 bits per heavy atom. The van der Waals surface area contributed by atoms with Crippen LogP contribution in [0.2, 0.25) is 0 Å². The van der Waals surface area contributed by atoms with Gasteiger partial charge in [0, 0.05) is 19.6 Å². The summed E-state index contributed by atoms with van der Waals surface area (Å²) in [7, 11) is 1.67. The molecule has 0 heterocycles. The van der Waals surface area contributed by atoms with Gasteiger partial charge in [-0.25, -0.2) is 0 Å². The van der Waals surface area contributed by atoms with Crippen molar-refractivity contribution in [3.63, 3.8) is 0 Å². The van der Waals surface area contributed by atoms with Crippen molar-refractivity contribution >= 4 is 17.2 Å². The molecule has 1 unspecified atom stereocenters. The van der Waals surface area contributed by atoms with Gasteiger partial charge in [0.05, 0.1) is 4.99 Å². The van der Waals surface area contributed by atoms with Crippen LogP contribution in [0, 0.1) is 5.92 Å². The molecular formula is C6H13NOS. The molecule has 0 radical (unpaired) electrons. The van der Waals surface area contributed by atoms with Crippen LogP contribution in [0.15, 0.2) is 0 Å². The molecule has 0 fully saturated rings. The van der Waals surface area contributed by atoms with E-state index in [2.05, 4.69) is 0 Å². The quantitative estimate of drug-likeness (QED) is 0.601. The Bertz CT molecular complexity index is 95.1. The van der Waals surface area contributed by atoms with Gasteiger partial charge in [-0.15, -0.1) is 0 Å². The molecule has 0 amide bonds. The second kappa shape index (κ2) is 4.70. The summed E-state index contributed by atoms with van der Waals surface area (Å²) in [6.45, 7) is 2.74. The summed E-state index contributed by atoms with van der Waals surface area (Å²) in [6.07, 6.45) is 0.922. The maximum absolute atomic E-state index is 5.35. The standard InChI is InChI=1S/C6H13NOS/c1-5(6(7)9)3-4-8-2/h5H,3-4H2,1-2H3,(H2,7,9). The van der Waals surface area contributed by atoms with E-state index < -0.39 is 0 Å². The van der Waals surface area contributed by atoms with E-state index in [0.717, 1.165) is 13.0 Å². The molecule has 0 saturated heterocycles. The minimum atomic E-state index is 0.306. The summed E-state index contributed by atoms with van der Waals surface area (Å²) in [5, 5.41) is 0. The predicted octanol–water partition coefficient (Wildman–Crippen LogP) is 0.945. The molecule has 9 heavy (non-hydrogen) atoms. The number of hydrogen-bond acceptors (Lipinski definition) is 2. The van der Waals surface area contributed by atoms with Crippen molar-refractivity contribution in [1.29, 1.82) is 0 Å². The summed E-state index contributed by atoms with van der Waals surface area (Å²) < 4.78 is 4.85. The van der Waals surface area contributed by atoms with Crippen molar-refractivity contribution < 1.29 is 4.74 Å². The lowest BCUT2D eigenvalue weighted by atomic mass is 10.1. The van der Waals surface area contributed by atoms with Gasteiger partial charge in [-0.05, 0) is 6.42 Å². The first kappa shape index (κ1) is 8.85. The summed E-state index contributed by atoms with van der Waals surface area (Å²) in [5.74, 6) is 0.306. The van der Waals surface area contributed by atoms with E-state index in [4.69, 9.17) is 22.7 Å². The van der Waals surface area contributed by atoms with E-state index in [0.29, 0.717) is 10.9 Å². The minimum absolute atomic E-state index is 0.306. The monoisotopic (exact) mass is 147 g/mol. The first-order chi connectivity index (χ1) is 4.18. The van der Waals surface area contributed by atoms with Crippen molar-refractivity contribution in [2.75, 3.05) is 13.7 Å². The Morgan fingerprint density at radius 2 is 2.33 bits per heavy atom. The molecule has 0 aromatic heterocycles. The van der Waals surface area contributed by atoms with Crippen LogP contribution in [0.5, 0.6) is 0 Å². The van der Waals surface area contributed by atoms with E-state index in [-0.39, 0.29) is 0 Å². The zero-order valence-corrected chi connectivity index (χ0v) is 6.70. The van der Waals surface area contributed by atoms with Gasteiger partial charge in [-0.3, -0.25) is 0 Å². The number of nitrogens with two attached hydrogens (primary N) is 1. The lowest BCUT2D eigenvalue weighted by molar-refractivity contribution is 0.188. The summed E-state index contributed by atoms with van der Waals surface area (Å²) in [5.41, 5.74) is 5.35. The highest BCUT2D eigenvalue weighted by atomic mass is 32.1. The van der Waals surface area contributed by atoms with Crippen LogP contribution < -0.4 is 5.73 Å². The van der Waals surface area contributed by atoms with Crippen molar-refractivity contribution in [3.8, 4) is 0 Å². The predicted molar refractivity (Wildman–Crippen MR) is 42.4 cm³/mol. The van der Waals surface area contributed by atoms with Crippen LogP contribution in [0.3, 0.4) is 0 Å². The number of ether oxygens (including phenoxy) is 1. The highest BCUT2D eigenvalue weighted by molar-refractivity contribution is 7.80. The first-order valence-corrected chi connectivity index (χ1v) is 3.37. The Morgan fingerprint density at radius 3 is 2.67 bits per heavy atom. The van der Waals surface area contributed by atoms with E-state index >= 15 is 0 Å². The van der Waals surface area contributed by atoms with Crippen molar-refractivity contribution in [2.24, 2.45) is 11.7 Å².